The number of ether oxygens (including phenoxy) is 1. The van der Waals surface area contributed by atoms with Gasteiger partial charge in [-0.15, -0.1) is 0 Å². The first-order chi connectivity index (χ1) is 9.02. The van der Waals surface area contributed by atoms with Crippen molar-refractivity contribution in [3.8, 4) is 5.75 Å². The van der Waals surface area contributed by atoms with Crippen LogP contribution in [0.25, 0.3) is 0 Å². The molecule has 1 N–H and O–H groups in total. The van der Waals surface area contributed by atoms with Gasteiger partial charge in [0.2, 0.25) is 0 Å². The fourth-order valence-electron chi connectivity index (χ4n) is 1.94. The molecule has 19 heavy (non-hydrogen) atoms. The average molecular weight is 263 g/mol. The first kappa shape index (κ1) is 16.0. The molecule has 0 aliphatic rings. The highest BCUT2D eigenvalue weighted by atomic mass is 16.5. The van der Waals surface area contributed by atoms with Crippen LogP contribution in [0.2, 0.25) is 0 Å². The van der Waals surface area contributed by atoms with E-state index in [0.29, 0.717) is 11.8 Å². The zero-order chi connectivity index (χ0) is 14.3. The Balaban J connectivity index is 2.56. The second kappa shape index (κ2) is 8.21. The van der Waals surface area contributed by atoms with Crippen LogP contribution >= 0.6 is 0 Å². The number of rotatable bonds is 8. The summed E-state index contributed by atoms with van der Waals surface area (Å²) in [7, 11) is 0. The van der Waals surface area contributed by atoms with Crippen LogP contribution in [0.15, 0.2) is 24.3 Å². The van der Waals surface area contributed by atoms with Gasteiger partial charge in [-0.3, -0.25) is 0 Å². The van der Waals surface area contributed by atoms with Gasteiger partial charge in [-0.1, -0.05) is 46.8 Å². The highest BCUT2D eigenvalue weighted by Gasteiger charge is 2.15. The summed E-state index contributed by atoms with van der Waals surface area (Å²) in [4.78, 5) is 0. The van der Waals surface area contributed by atoms with Crippen LogP contribution in [-0.4, -0.2) is 19.2 Å². The minimum absolute atomic E-state index is 0.228. The van der Waals surface area contributed by atoms with E-state index >= 15 is 0 Å². The van der Waals surface area contributed by atoms with Crippen molar-refractivity contribution < 1.29 is 4.74 Å². The van der Waals surface area contributed by atoms with Crippen molar-refractivity contribution in [3.05, 3.63) is 29.8 Å². The lowest BCUT2D eigenvalue weighted by Crippen LogP contribution is -2.36. The smallest absolute Gasteiger partial charge is 0.120 e. The molecule has 0 aliphatic heterocycles. The van der Waals surface area contributed by atoms with Gasteiger partial charge >= 0.3 is 0 Å². The number of aryl methyl sites for hydroxylation is 1. The van der Waals surface area contributed by atoms with Gasteiger partial charge < -0.3 is 10.1 Å². The quantitative estimate of drug-likeness (QED) is 0.768. The van der Waals surface area contributed by atoms with Crippen molar-refractivity contribution in [2.24, 2.45) is 11.8 Å². The van der Waals surface area contributed by atoms with Crippen molar-refractivity contribution in [2.75, 3.05) is 13.1 Å². The lowest BCUT2D eigenvalue weighted by Gasteiger charge is -2.24. The Hall–Kier alpha value is -1.02. The van der Waals surface area contributed by atoms with Gasteiger partial charge in [-0.2, -0.15) is 0 Å². The summed E-state index contributed by atoms with van der Waals surface area (Å²) in [6.45, 7) is 13.0. The number of hydrogen-bond donors (Lipinski definition) is 1. The summed E-state index contributed by atoms with van der Waals surface area (Å²) < 4.78 is 6.14. The maximum atomic E-state index is 6.14. The molecule has 1 rings (SSSR count). The molecule has 0 aliphatic carbocycles. The van der Waals surface area contributed by atoms with E-state index in [1.165, 1.54) is 5.56 Å². The molecule has 0 saturated carbocycles. The van der Waals surface area contributed by atoms with E-state index in [4.69, 9.17) is 4.74 Å². The molecular formula is C17H29NO. The van der Waals surface area contributed by atoms with Gasteiger partial charge in [0.15, 0.2) is 0 Å². The topological polar surface area (TPSA) is 21.3 Å². The van der Waals surface area contributed by atoms with Gasteiger partial charge in [0, 0.05) is 6.54 Å². The van der Waals surface area contributed by atoms with Crippen LogP contribution in [0, 0.1) is 11.8 Å². The molecule has 0 heterocycles. The van der Waals surface area contributed by atoms with E-state index in [9.17, 15) is 0 Å². The van der Waals surface area contributed by atoms with Crippen LogP contribution in [0.1, 0.15) is 40.2 Å². The number of hydrogen-bond acceptors (Lipinski definition) is 2. The molecule has 0 saturated heterocycles. The first-order valence-corrected chi connectivity index (χ1v) is 7.49. The van der Waals surface area contributed by atoms with Gasteiger partial charge in [0.1, 0.15) is 11.9 Å². The molecule has 1 aromatic carbocycles. The van der Waals surface area contributed by atoms with E-state index in [1.54, 1.807) is 0 Å². The Morgan fingerprint density at radius 3 is 2.42 bits per heavy atom. The highest BCUT2D eigenvalue weighted by Crippen LogP contribution is 2.18. The molecular weight excluding hydrogens is 234 g/mol. The molecule has 0 amide bonds. The Labute approximate surface area is 118 Å². The summed E-state index contributed by atoms with van der Waals surface area (Å²) in [5.74, 6) is 2.17. The van der Waals surface area contributed by atoms with Crippen molar-refractivity contribution in [1.29, 1.82) is 0 Å². The van der Waals surface area contributed by atoms with Crippen LogP contribution in [-0.2, 0) is 6.42 Å². The standard InChI is InChI=1S/C17H29NO/c1-6-15-8-7-9-16(10-15)19-17(14(4)5)12-18-11-13(2)3/h7-10,13-14,17-18H,6,11-12H2,1-5H3. The molecule has 0 radical (unpaired) electrons. The molecule has 0 aromatic heterocycles. The average Bonchev–Trinajstić information content (AvgIpc) is 2.37. The second-order valence-electron chi connectivity index (χ2n) is 5.95. The lowest BCUT2D eigenvalue weighted by molar-refractivity contribution is 0.148. The fraction of sp³-hybridized carbons (Fsp3) is 0.647. The van der Waals surface area contributed by atoms with E-state index in [1.807, 2.05) is 0 Å². The minimum Gasteiger partial charge on any atom is -0.489 e. The van der Waals surface area contributed by atoms with Gasteiger partial charge in [0.25, 0.3) is 0 Å². The van der Waals surface area contributed by atoms with Crippen LogP contribution in [0.5, 0.6) is 5.75 Å². The third kappa shape index (κ3) is 6.11. The Bertz CT molecular complexity index is 360. The fourth-order valence-corrected chi connectivity index (χ4v) is 1.94. The van der Waals surface area contributed by atoms with Gasteiger partial charge in [0.05, 0.1) is 0 Å². The summed E-state index contributed by atoms with van der Waals surface area (Å²) >= 11 is 0. The number of benzene rings is 1. The first-order valence-electron chi connectivity index (χ1n) is 7.49. The summed E-state index contributed by atoms with van der Waals surface area (Å²) in [6.07, 6.45) is 1.28. The zero-order valence-electron chi connectivity index (χ0n) is 13.1. The molecule has 1 unspecified atom stereocenters. The molecule has 2 heteroatoms. The van der Waals surface area contributed by atoms with Crippen LogP contribution in [0.3, 0.4) is 0 Å². The van der Waals surface area contributed by atoms with Gasteiger partial charge in [-0.05, 0) is 42.5 Å². The molecule has 0 fully saturated rings. The highest BCUT2D eigenvalue weighted by molar-refractivity contribution is 5.28. The Morgan fingerprint density at radius 1 is 1.11 bits per heavy atom. The van der Waals surface area contributed by atoms with Crippen molar-refractivity contribution in [2.45, 2.75) is 47.1 Å². The van der Waals surface area contributed by atoms with Crippen LogP contribution in [0.4, 0.5) is 0 Å². The Morgan fingerprint density at radius 2 is 1.84 bits per heavy atom. The monoisotopic (exact) mass is 263 g/mol. The molecule has 1 atom stereocenters. The van der Waals surface area contributed by atoms with Crippen LogP contribution < -0.4 is 10.1 Å². The molecule has 0 bridgehead atoms. The van der Waals surface area contributed by atoms with Gasteiger partial charge in [-0.25, -0.2) is 0 Å². The third-order valence-electron chi connectivity index (χ3n) is 3.24. The predicted octanol–water partition coefficient (Wildman–Crippen LogP) is 3.90. The second-order valence-corrected chi connectivity index (χ2v) is 5.95. The molecule has 0 spiro atoms. The maximum Gasteiger partial charge on any atom is 0.120 e. The Kier molecular flexibility index (Phi) is 6.93. The normalized spacial score (nSPS) is 13.0. The van der Waals surface area contributed by atoms with Crippen molar-refractivity contribution in [1.82, 2.24) is 5.32 Å². The lowest BCUT2D eigenvalue weighted by atomic mass is 10.1. The van der Waals surface area contributed by atoms with Crippen molar-refractivity contribution in [3.63, 3.8) is 0 Å². The van der Waals surface area contributed by atoms with E-state index in [-0.39, 0.29) is 6.10 Å². The van der Waals surface area contributed by atoms with E-state index in [2.05, 4.69) is 64.2 Å². The number of nitrogens with one attached hydrogen (secondary N) is 1. The predicted molar refractivity (Wildman–Crippen MR) is 82.8 cm³/mol. The van der Waals surface area contributed by atoms with Crippen molar-refractivity contribution >= 4 is 0 Å². The zero-order valence-corrected chi connectivity index (χ0v) is 13.1. The maximum absolute atomic E-state index is 6.14. The summed E-state index contributed by atoms with van der Waals surface area (Å²) in [5.41, 5.74) is 1.33. The molecule has 1 aromatic rings. The molecule has 2 nitrogen and oxygen atoms in total. The minimum atomic E-state index is 0.228. The third-order valence-corrected chi connectivity index (χ3v) is 3.24. The largest absolute Gasteiger partial charge is 0.489 e. The summed E-state index contributed by atoms with van der Waals surface area (Å²) in [6, 6.07) is 8.43. The SMILES string of the molecule is CCc1cccc(OC(CNCC(C)C)C(C)C)c1. The molecule has 108 valence electrons. The summed E-state index contributed by atoms with van der Waals surface area (Å²) in [5, 5.41) is 3.49. The van der Waals surface area contributed by atoms with E-state index < -0.39 is 0 Å². The van der Waals surface area contributed by atoms with E-state index in [0.717, 1.165) is 25.3 Å².